The quantitative estimate of drug-likeness (QED) is 0.515. The molecule has 1 saturated heterocycles. The molecule has 0 aromatic carbocycles. The molecule has 0 radical (unpaired) electrons. The highest BCUT2D eigenvalue weighted by atomic mass is 28.3. The minimum atomic E-state index is -1.40. The van der Waals surface area contributed by atoms with E-state index < -0.39 is 8.24 Å². The summed E-state index contributed by atoms with van der Waals surface area (Å²) in [6, 6.07) is 1.28. The summed E-state index contributed by atoms with van der Waals surface area (Å²) >= 11 is 0. The maximum absolute atomic E-state index is 11.6. The predicted octanol–water partition coefficient (Wildman–Crippen LogP) is 2.34. The first-order valence-corrected chi connectivity index (χ1v) is 9.00. The highest BCUT2D eigenvalue weighted by Crippen LogP contribution is 2.25. The highest BCUT2D eigenvalue weighted by Gasteiger charge is 2.32. The van der Waals surface area contributed by atoms with Crippen LogP contribution in [-0.2, 0) is 4.79 Å². The van der Waals surface area contributed by atoms with Crippen LogP contribution in [0.3, 0.4) is 0 Å². The van der Waals surface area contributed by atoms with Crippen LogP contribution in [0.2, 0.25) is 19.1 Å². The van der Waals surface area contributed by atoms with E-state index in [0.29, 0.717) is 5.71 Å². The predicted molar refractivity (Wildman–Crippen MR) is 69.0 cm³/mol. The molecule has 0 amide bonds. The lowest BCUT2D eigenvalue weighted by Gasteiger charge is -2.38. The largest absolute Gasteiger partial charge is 0.324 e. The van der Waals surface area contributed by atoms with Crippen molar-refractivity contribution in [1.82, 2.24) is 4.67 Å². The van der Waals surface area contributed by atoms with Crippen LogP contribution in [0, 0.1) is 0 Å². The van der Waals surface area contributed by atoms with Gasteiger partial charge in [-0.3, -0.25) is 4.79 Å². The van der Waals surface area contributed by atoms with Crippen LogP contribution in [0.1, 0.15) is 12.8 Å². The maximum atomic E-state index is 11.6. The van der Waals surface area contributed by atoms with E-state index in [-0.39, 0.29) is 5.78 Å². The Morgan fingerprint density at radius 1 is 1.25 bits per heavy atom. The molecule has 1 aliphatic heterocycles. The summed E-state index contributed by atoms with van der Waals surface area (Å²) in [7, 11) is -1.40. The summed E-state index contributed by atoms with van der Waals surface area (Å²) in [6.45, 7) is 5.65. The molecule has 1 fully saturated rings. The van der Waals surface area contributed by atoms with Crippen molar-refractivity contribution in [3.63, 3.8) is 0 Å². The van der Waals surface area contributed by atoms with Gasteiger partial charge in [-0.05, 0) is 24.6 Å². The number of nitrogens with zero attached hydrogens (tertiary/aromatic N) is 2. The molecular weight excluding hydrogens is 216 g/mol. The van der Waals surface area contributed by atoms with E-state index in [0.717, 1.165) is 6.54 Å². The van der Waals surface area contributed by atoms with Crippen LogP contribution in [-0.4, -0.2) is 30.9 Å². The molecular formula is C12H18N2OSi. The van der Waals surface area contributed by atoms with Crippen molar-refractivity contribution >= 4 is 19.7 Å². The molecule has 0 bridgehead atoms. The van der Waals surface area contributed by atoms with E-state index in [2.05, 4.69) is 22.9 Å². The van der Waals surface area contributed by atoms with Crippen molar-refractivity contribution < 1.29 is 4.79 Å². The molecule has 0 unspecified atom stereocenters. The van der Waals surface area contributed by atoms with Gasteiger partial charge < -0.3 is 4.67 Å². The van der Waals surface area contributed by atoms with Gasteiger partial charge in [0.2, 0.25) is 5.78 Å². The number of hydrogen-bond donors (Lipinski definition) is 0. The standard InChI is InChI=1S/C12H18N2OSi/c1-16(2)10-6-5-9-14(16)13-11-7-3-4-8-12(11)15/h3-4,7-8H,5-6,9-10H2,1-2H3. The lowest BCUT2D eigenvalue weighted by Crippen LogP contribution is -2.49. The highest BCUT2D eigenvalue weighted by molar-refractivity contribution is 6.74. The summed E-state index contributed by atoms with van der Waals surface area (Å²) in [5.74, 6) is 0.0258. The summed E-state index contributed by atoms with van der Waals surface area (Å²) in [6.07, 6.45) is 9.53. The molecule has 0 atom stereocenters. The van der Waals surface area contributed by atoms with Gasteiger partial charge in [0, 0.05) is 6.54 Å². The van der Waals surface area contributed by atoms with Crippen LogP contribution in [0.25, 0.3) is 0 Å². The first-order chi connectivity index (χ1) is 7.59. The monoisotopic (exact) mass is 234 g/mol. The molecule has 16 heavy (non-hydrogen) atoms. The smallest absolute Gasteiger partial charge is 0.205 e. The van der Waals surface area contributed by atoms with Gasteiger partial charge in [-0.15, -0.1) is 0 Å². The number of hydrazone groups is 1. The van der Waals surface area contributed by atoms with Gasteiger partial charge in [-0.1, -0.05) is 31.7 Å². The fourth-order valence-electron chi connectivity index (χ4n) is 2.11. The molecule has 86 valence electrons. The zero-order valence-electron chi connectivity index (χ0n) is 9.94. The van der Waals surface area contributed by atoms with E-state index >= 15 is 0 Å². The molecule has 0 aromatic rings. The summed E-state index contributed by atoms with van der Waals surface area (Å²) in [5.41, 5.74) is 0.588. The Labute approximate surface area is 97.6 Å². The van der Waals surface area contributed by atoms with Crippen LogP contribution in [0.4, 0.5) is 0 Å². The third-order valence-electron chi connectivity index (χ3n) is 3.20. The maximum Gasteiger partial charge on any atom is 0.205 e. The third kappa shape index (κ3) is 2.32. The van der Waals surface area contributed by atoms with Gasteiger partial charge in [0.05, 0.1) is 0 Å². The van der Waals surface area contributed by atoms with E-state index in [4.69, 9.17) is 0 Å². The van der Waals surface area contributed by atoms with E-state index in [9.17, 15) is 4.79 Å². The van der Waals surface area contributed by atoms with Crippen LogP contribution in [0.15, 0.2) is 29.4 Å². The lowest BCUT2D eigenvalue weighted by atomic mass is 10.1. The molecule has 2 aliphatic rings. The Morgan fingerprint density at radius 2 is 2.00 bits per heavy atom. The molecule has 0 N–H and O–H groups in total. The SMILES string of the molecule is C[Si]1(C)CCCCN1N=C1C=CC=CC1=O. The summed E-state index contributed by atoms with van der Waals surface area (Å²) < 4.78 is 2.20. The average molecular weight is 234 g/mol. The molecule has 4 heteroatoms. The first-order valence-electron chi connectivity index (χ1n) is 5.85. The van der Waals surface area contributed by atoms with Gasteiger partial charge in [0.1, 0.15) is 5.71 Å². The number of rotatable bonds is 1. The number of carbonyl (C=O) groups excluding carboxylic acids is 1. The van der Waals surface area contributed by atoms with Crippen molar-refractivity contribution in [2.45, 2.75) is 32.0 Å². The van der Waals surface area contributed by atoms with Crippen molar-refractivity contribution in [1.29, 1.82) is 0 Å². The molecule has 0 aromatic heterocycles. The third-order valence-corrected chi connectivity index (χ3v) is 6.50. The number of allylic oxidation sites excluding steroid dienone is 4. The van der Waals surface area contributed by atoms with E-state index in [1.54, 1.807) is 18.2 Å². The normalized spacial score (nSPS) is 26.5. The molecule has 0 saturated carbocycles. The lowest BCUT2D eigenvalue weighted by molar-refractivity contribution is -0.108. The average Bonchev–Trinajstić information content (AvgIpc) is 2.24. The fourth-order valence-corrected chi connectivity index (χ4v) is 4.62. The van der Waals surface area contributed by atoms with Crippen molar-refractivity contribution in [2.24, 2.45) is 5.10 Å². The molecule has 1 aliphatic carbocycles. The Kier molecular flexibility index (Phi) is 3.09. The van der Waals surface area contributed by atoms with Crippen molar-refractivity contribution in [3.8, 4) is 0 Å². The topological polar surface area (TPSA) is 32.7 Å². The second-order valence-corrected chi connectivity index (χ2v) is 9.60. The molecule has 3 nitrogen and oxygen atoms in total. The minimum absolute atomic E-state index is 0.0258. The number of carbonyl (C=O) groups is 1. The van der Waals surface area contributed by atoms with Gasteiger partial charge in [0.25, 0.3) is 0 Å². The van der Waals surface area contributed by atoms with Crippen LogP contribution in [0.5, 0.6) is 0 Å². The van der Waals surface area contributed by atoms with Crippen LogP contribution < -0.4 is 0 Å². The molecule has 1 heterocycles. The van der Waals surface area contributed by atoms with E-state index in [1.165, 1.54) is 18.9 Å². The number of hydrogen-bond acceptors (Lipinski definition) is 3. The van der Waals surface area contributed by atoms with Gasteiger partial charge >= 0.3 is 0 Å². The van der Waals surface area contributed by atoms with Gasteiger partial charge in [-0.25, -0.2) is 0 Å². The first kappa shape index (κ1) is 11.3. The number of ketones is 1. The Bertz CT molecular complexity index is 382. The minimum Gasteiger partial charge on any atom is -0.324 e. The molecule has 0 spiro atoms. The van der Waals surface area contributed by atoms with Gasteiger partial charge in [-0.2, -0.15) is 5.10 Å². The fraction of sp³-hybridized carbons (Fsp3) is 0.500. The van der Waals surface area contributed by atoms with Crippen molar-refractivity contribution in [3.05, 3.63) is 24.3 Å². The second kappa shape index (κ2) is 4.37. The van der Waals surface area contributed by atoms with Gasteiger partial charge in [0.15, 0.2) is 8.24 Å². The van der Waals surface area contributed by atoms with Crippen molar-refractivity contribution in [2.75, 3.05) is 6.54 Å². The molecule has 2 rings (SSSR count). The Balaban J connectivity index is 2.19. The summed E-state index contributed by atoms with van der Waals surface area (Å²) in [5, 5.41) is 4.55. The van der Waals surface area contributed by atoms with Crippen LogP contribution >= 0.6 is 0 Å². The Hall–Kier alpha value is -1.16. The summed E-state index contributed by atoms with van der Waals surface area (Å²) in [4.78, 5) is 11.6. The Morgan fingerprint density at radius 3 is 2.69 bits per heavy atom. The second-order valence-electron chi connectivity index (χ2n) is 4.96. The zero-order valence-corrected chi connectivity index (χ0v) is 10.9. The zero-order chi connectivity index (χ0) is 11.6. The van der Waals surface area contributed by atoms with E-state index in [1.807, 2.05) is 6.08 Å².